The highest BCUT2D eigenvalue weighted by Gasteiger charge is 2.15. The Morgan fingerprint density at radius 3 is 2.83 bits per heavy atom. The Balaban J connectivity index is 1.50. The van der Waals surface area contributed by atoms with Crippen molar-refractivity contribution in [2.75, 3.05) is 36.4 Å². The molecule has 0 aromatic carbocycles. The van der Waals surface area contributed by atoms with Crippen molar-refractivity contribution in [3.8, 4) is 0 Å². The molecule has 9 heteroatoms. The van der Waals surface area contributed by atoms with E-state index in [1.165, 1.54) is 24.2 Å². The molecule has 124 valence electrons. The number of thiophene rings is 1. The Morgan fingerprint density at radius 2 is 2.09 bits per heavy atom. The van der Waals surface area contributed by atoms with E-state index in [0.29, 0.717) is 16.6 Å². The molecule has 0 radical (unpaired) electrons. The smallest absolute Gasteiger partial charge is 0.250 e. The summed E-state index contributed by atoms with van der Waals surface area (Å²) in [6.45, 7) is 2.83. The molecule has 0 saturated carbocycles. The topological polar surface area (TPSA) is 87.2 Å². The van der Waals surface area contributed by atoms with Gasteiger partial charge in [-0.25, -0.2) is 13.1 Å². The fraction of sp³-hybridized carbons (Fsp3) is 0.429. The number of rotatable bonds is 7. The quantitative estimate of drug-likeness (QED) is 0.734. The first kappa shape index (κ1) is 16.2. The van der Waals surface area contributed by atoms with Crippen LogP contribution in [0.1, 0.15) is 12.8 Å². The number of aromatic nitrogens is 2. The molecule has 2 aromatic rings. The van der Waals surface area contributed by atoms with Gasteiger partial charge in [0.1, 0.15) is 4.21 Å². The molecule has 0 amide bonds. The summed E-state index contributed by atoms with van der Waals surface area (Å²) in [5.41, 5.74) is 1.05. The second-order valence-electron chi connectivity index (χ2n) is 5.25. The van der Waals surface area contributed by atoms with Crippen molar-refractivity contribution < 1.29 is 8.42 Å². The van der Waals surface area contributed by atoms with Gasteiger partial charge in [-0.15, -0.1) is 16.4 Å². The van der Waals surface area contributed by atoms with E-state index in [9.17, 15) is 8.42 Å². The van der Waals surface area contributed by atoms with Crippen molar-refractivity contribution >= 4 is 32.9 Å². The third-order valence-corrected chi connectivity index (χ3v) is 6.45. The molecule has 1 aliphatic heterocycles. The number of anilines is 2. The lowest BCUT2D eigenvalue weighted by Gasteiger charge is -2.17. The lowest BCUT2D eigenvalue weighted by molar-refractivity contribution is 0.585. The Bertz CT molecular complexity index is 727. The molecule has 2 aromatic heterocycles. The average molecular weight is 353 g/mol. The van der Waals surface area contributed by atoms with Crippen LogP contribution in [-0.4, -0.2) is 44.8 Å². The van der Waals surface area contributed by atoms with Gasteiger partial charge in [-0.05, 0) is 24.3 Å². The second kappa shape index (κ2) is 7.24. The molecule has 3 heterocycles. The van der Waals surface area contributed by atoms with Crippen LogP contribution in [0.25, 0.3) is 0 Å². The molecular weight excluding hydrogens is 334 g/mol. The van der Waals surface area contributed by atoms with Crippen LogP contribution in [0.4, 0.5) is 11.5 Å². The first-order chi connectivity index (χ1) is 11.1. The highest BCUT2D eigenvalue weighted by molar-refractivity contribution is 7.91. The first-order valence-corrected chi connectivity index (χ1v) is 9.86. The van der Waals surface area contributed by atoms with Crippen LogP contribution in [0.3, 0.4) is 0 Å². The summed E-state index contributed by atoms with van der Waals surface area (Å²) in [6, 6.07) is 5.26. The third kappa shape index (κ3) is 4.18. The van der Waals surface area contributed by atoms with Crippen molar-refractivity contribution in [1.29, 1.82) is 0 Å². The van der Waals surface area contributed by atoms with Crippen molar-refractivity contribution in [2.45, 2.75) is 17.1 Å². The van der Waals surface area contributed by atoms with Gasteiger partial charge in [0.15, 0.2) is 5.82 Å². The fourth-order valence-corrected chi connectivity index (χ4v) is 4.52. The molecule has 3 rings (SSSR count). The number of nitrogens with zero attached hydrogens (tertiary/aromatic N) is 3. The molecule has 23 heavy (non-hydrogen) atoms. The van der Waals surface area contributed by atoms with E-state index >= 15 is 0 Å². The van der Waals surface area contributed by atoms with Crippen LogP contribution in [0.15, 0.2) is 34.0 Å². The van der Waals surface area contributed by atoms with Gasteiger partial charge in [0.05, 0.1) is 11.9 Å². The minimum atomic E-state index is -3.41. The minimum absolute atomic E-state index is 0.288. The third-order valence-electron chi connectivity index (χ3n) is 3.59. The lowest BCUT2D eigenvalue weighted by atomic mass is 10.4. The predicted octanol–water partition coefficient (Wildman–Crippen LogP) is 1.53. The molecule has 0 spiro atoms. The van der Waals surface area contributed by atoms with Gasteiger partial charge in [-0.3, -0.25) is 0 Å². The summed E-state index contributed by atoms with van der Waals surface area (Å²) in [6.07, 6.45) is 4.17. The molecule has 1 aliphatic rings. The number of sulfonamides is 1. The maximum atomic E-state index is 12.0. The van der Waals surface area contributed by atoms with E-state index in [-0.39, 0.29) is 6.54 Å². The van der Waals surface area contributed by atoms with Crippen molar-refractivity contribution in [1.82, 2.24) is 14.9 Å². The molecule has 1 saturated heterocycles. The Morgan fingerprint density at radius 1 is 1.26 bits per heavy atom. The predicted molar refractivity (Wildman–Crippen MR) is 91.5 cm³/mol. The van der Waals surface area contributed by atoms with Crippen LogP contribution in [0, 0.1) is 0 Å². The highest BCUT2D eigenvalue weighted by Crippen LogP contribution is 2.20. The van der Waals surface area contributed by atoms with Crippen LogP contribution >= 0.6 is 11.3 Å². The van der Waals surface area contributed by atoms with Crippen molar-refractivity contribution in [3.05, 3.63) is 29.8 Å². The summed E-state index contributed by atoms with van der Waals surface area (Å²) in [5, 5.41) is 12.9. The molecule has 0 aliphatic carbocycles. The standard InChI is InChI=1S/C14H19N5O2S2/c20-23(21,14-4-3-9-22-14)17-6-5-15-13-10-12(11-16-18-13)19-7-1-2-8-19/h3-4,9-11,17H,1-2,5-8H2,(H,15,18). The molecule has 1 fully saturated rings. The monoisotopic (exact) mass is 353 g/mol. The summed E-state index contributed by atoms with van der Waals surface area (Å²) in [7, 11) is -3.41. The molecule has 0 unspecified atom stereocenters. The Labute approximate surface area is 139 Å². The zero-order chi connectivity index (χ0) is 16.1. The molecule has 0 atom stereocenters. The normalized spacial score (nSPS) is 15.0. The fourth-order valence-electron chi connectivity index (χ4n) is 2.45. The van der Waals surface area contributed by atoms with Crippen molar-refractivity contribution in [3.63, 3.8) is 0 Å². The maximum Gasteiger partial charge on any atom is 0.250 e. The molecule has 0 bridgehead atoms. The largest absolute Gasteiger partial charge is 0.370 e. The van der Waals surface area contributed by atoms with Gasteiger partial charge in [-0.1, -0.05) is 6.07 Å². The van der Waals surface area contributed by atoms with Gasteiger partial charge in [0, 0.05) is 32.2 Å². The highest BCUT2D eigenvalue weighted by atomic mass is 32.2. The summed E-state index contributed by atoms with van der Waals surface area (Å²) >= 11 is 1.20. The minimum Gasteiger partial charge on any atom is -0.370 e. The SMILES string of the molecule is O=S(=O)(NCCNc1cc(N2CCCC2)cnn1)c1cccs1. The van der Waals surface area contributed by atoms with E-state index < -0.39 is 10.0 Å². The lowest BCUT2D eigenvalue weighted by Crippen LogP contribution is -2.28. The number of nitrogens with one attached hydrogen (secondary N) is 2. The van der Waals surface area contributed by atoms with Crippen LogP contribution in [0.5, 0.6) is 0 Å². The van der Waals surface area contributed by atoms with Crippen LogP contribution < -0.4 is 14.9 Å². The maximum absolute atomic E-state index is 12.0. The number of hydrogen-bond donors (Lipinski definition) is 2. The molecule has 2 N–H and O–H groups in total. The summed E-state index contributed by atoms with van der Waals surface area (Å²) in [4.78, 5) is 2.28. The van der Waals surface area contributed by atoms with E-state index in [1.807, 2.05) is 6.07 Å². The van der Waals surface area contributed by atoms with Crippen LogP contribution in [0.2, 0.25) is 0 Å². The molecule has 7 nitrogen and oxygen atoms in total. The van der Waals surface area contributed by atoms with E-state index in [0.717, 1.165) is 18.8 Å². The first-order valence-electron chi connectivity index (χ1n) is 7.50. The van der Waals surface area contributed by atoms with E-state index in [1.54, 1.807) is 23.7 Å². The zero-order valence-electron chi connectivity index (χ0n) is 12.6. The van der Waals surface area contributed by atoms with E-state index in [2.05, 4.69) is 25.1 Å². The summed E-state index contributed by atoms with van der Waals surface area (Å²) < 4.78 is 26.8. The van der Waals surface area contributed by atoms with Crippen LogP contribution in [-0.2, 0) is 10.0 Å². The van der Waals surface area contributed by atoms with Crippen molar-refractivity contribution in [2.24, 2.45) is 0 Å². The number of hydrogen-bond acceptors (Lipinski definition) is 7. The molecular formula is C14H19N5O2S2. The summed E-state index contributed by atoms with van der Waals surface area (Å²) in [5.74, 6) is 0.657. The average Bonchev–Trinajstić information content (AvgIpc) is 3.25. The van der Waals surface area contributed by atoms with Gasteiger partial charge in [0.2, 0.25) is 10.0 Å². The zero-order valence-corrected chi connectivity index (χ0v) is 14.2. The van der Waals surface area contributed by atoms with E-state index in [4.69, 9.17) is 0 Å². The van der Waals surface area contributed by atoms with Gasteiger partial charge in [-0.2, -0.15) is 5.10 Å². The van der Waals surface area contributed by atoms with Gasteiger partial charge >= 0.3 is 0 Å². The second-order valence-corrected chi connectivity index (χ2v) is 8.19. The Hall–Kier alpha value is -1.71. The van der Waals surface area contributed by atoms with Gasteiger partial charge < -0.3 is 10.2 Å². The van der Waals surface area contributed by atoms with Gasteiger partial charge in [0.25, 0.3) is 0 Å². The Kier molecular flexibility index (Phi) is 5.09.